The number of halogens is 4. The molecule has 2 aromatic rings. The topological polar surface area (TPSA) is 72.0 Å². The van der Waals surface area contributed by atoms with Crippen LogP contribution in [0, 0.1) is 0 Å². The standard InChI is InChI=1S/C16H16Cl2F2N2O3S/c17-11-3-1-2-10(8-11)14(15-21-9-13(22-15)26(18,23)24)25-12-4-6-16(19,20)7-5-12/h1-3,8-9,12,14H,4-7H2,(H,21,22). The number of hydrogen-bond donors (Lipinski definition) is 1. The van der Waals surface area contributed by atoms with E-state index in [1.165, 1.54) is 0 Å². The first-order valence-electron chi connectivity index (χ1n) is 7.93. The molecule has 1 unspecified atom stereocenters. The van der Waals surface area contributed by atoms with Crippen LogP contribution in [0.15, 0.2) is 35.5 Å². The van der Waals surface area contributed by atoms with Gasteiger partial charge in [0.1, 0.15) is 11.9 Å². The maximum atomic E-state index is 13.4. The van der Waals surface area contributed by atoms with Crippen molar-refractivity contribution in [1.29, 1.82) is 0 Å². The zero-order chi connectivity index (χ0) is 18.9. The first-order chi connectivity index (χ1) is 12.1. The van der Waals surface area contributed by atoms with E-state index in [0.29, 0.717) is 10.6 Å². The summed E-state index contributed by atoms with van der Waals surface area (Å²) in [5.74, 6) is -2.46. The lowest BCUT2D eigenvalue weighted by Gasteiger charge is -2.31. The highest BCUT2D eigenvalue weighted by molar-refractivity contribution is 8.13. The van der Waals surface area contributed by atoms with Crippen molar-refractivity contribution in [1.82, 2.24) is 9.97 Å². The molecule has 1 saturated carbocycles. The molecular weight excluding hydrogens is 409 g/mol. The van der Waals surface area contributed by atoms with E-state index in [0.717, 1.165) is 6.20 Å². The lowest BCUT2D eigenvalue weighted by molar-refractivity contribution is -0.0938. The molecule has 1 fully saturated rings. The van der Waals surface area contributed by atoms with E-state index >= 15 is 0 Å². The minimum absolute atomic E-state index is 0.200. The van der Waals surface area contributed by atoms with Crippen molar-refractivity contribution in [3.05, 3.63) is 46.9 Å². The Balaban J connectivity index is 1.89. The fourth-order valence-corrected chi connectivity index (χ4v) is 3.73. The predicted octanol–water partition coefficient (Wildman–Crippen LogP) is 4.67. The number of imidazole rings is 1. The number of benzene rings is 1. The van der Waals surface area contributed by atoms with Crippen LogP contribution in [-0.4, -0.2) is 30.4 Å². The van der Waals surface area contributed by atoms with Gasteiger partial charge >= 0.3 is 0 Å². The number of ether oxygens (including phenoxy) is 1. The van der Waals surface area contributed by atoms with Gasteiger partial charge in [-0.25, -0.2) is 22.2 Å². The van der Waals surface area contributed by atoms with Crippen LogP contribution in [0.1, 0.15) is 43.2 Å². The van der Waals surface area contributed by atoms with Gasteiger partial charge in [0.25, 0.3) is 9.05 Å². The molecule has 1 aliphatic carbocycles. The Morgan fingerprint density at radius 3 is 2.58 bits per heavy atom. The Morgan fingerprint density at radius 2 is 2.00 bits per heavy atom. The molecule has 1 aromatic carbocycles. The van der Waals surface area contributed by atoms with Crippen molar-refractivity contribution in [3.63, 3.8) is 0 Å². The van der Waals surface area contributed by atoms with E-state index in [1.54, 1.807) is 24.3 Å². The van der Waals surface area contributed by atoms with Crippen molar-refractivity contribution in [2.75, 3.05) is 0 Å². The first-order valence-corrected chi connectivity index (χ1v) is 10.6. The molecule has 0 amide bonds. The largest absolute Gasteiger partial charge is 0.362 e. The average molecular weight is 425 g/mol. The van der Waals surface area contributed by atoms with Gasteiger partial charge in [0.15, 0.2) is 5.03 Å². The van der Waals surface area contributed by atoms with Gasteiger partial charge in [-0.2, -0.15) is 0 Å². The number of alkyl halides is 2. The summed E-state index contributed by atoms with van der Waals surface area (Å²) in [4.78, 5) is 6.74. The van der Waals surface area contributed by atoms with Crippen LogP contribution in [0.25, 0.3) is 0 Å². The lowest BCUT2D eigenvalue weighted by Crippen LogP contribution is -2.30. The van der Waals surface area contributed by atoms with Gasteiger partial charge in [0, 0.05) is 34.7 Å². The fraction of sp³-hybridized carbons (Fsp3) is 0.438. The Kier molecular flexibility index (Phi) is 5.58. The maximum Gasteiger partial charge on any atom is 0.280 e. The quantitative estimate of drug-likeness (QED) is 0.707. The molecule has 0 radical (unpaired) electrons. The number of rotatable bonds is 5. The summed E-state index contributed by atoms with van der Waals surface area (Å²) in [5.41, 5.74) is 0.628. The maximum absolute atomic E-state index is 13.4. The highest BCUT2D eigenvalue weighted by Crippen LogP contribution is 2.37. The molecule has 1 N–H and O–H groups in total. The molecule has 26 heavy (non-hydrogen) atoms. The fourth-order valence-electron chi connectivity index (χ4n) is 2.89. The lowest BCUT2D eigenvalue weighted by atomic mass is 9.94. The van der Waals surface area contributed by atoms with Gasteiger partial charge in [0.2, 0.25) is 5.92 Å². The van der Waals surface area contributed by atoms with Crippen LogP contribution in [-0.2, 0) is 13.8 Å². The van der Waals surface area contributed by atoms with Crippen LogP contribution in [0.3, 0.4) is 0 Å². The Morgan fingerprint density at radius 1 is 1.31 bits per heavy atom. The monoisotopic (exact) mass is 424 g/mol. The third-order valence-corrected chi connectivity index (χ3v) is 5.63. The zero-order valence-electron chi connectivity index (χ0n) is 13.5. The molecule has 1 atom stereocenters. The van der Waals surface area contributed by atoms with Gasteiger partial charge in [0.05, 0.1) is 6.10 Å². The summed E-state index contributed by atoms with van der Waals surface area (Å²) in [5, 5.41) is 0.128. The number of nitrogens with one attached hydrogen (secondary N) is 1. The second kappa shape index (κ2) is 7.42. The molecule has 0 spiro atoms. The first kappa shape index (κ1) is 19.5. The molecule has 5 nitrogen and oxygen atoms in total. The number of hydrogen-bond acceptors (Lipinski definition) is 4. The average Bonchev–Trinajstić information content (AvgIpc) is 3.04. The van der Waals surface area contributed by atoms with Crippen molar-refractivity contribution in [2.24, 2.45) is 0 Å². The minimum atomic E-state index is -4.01. The second-order valence-electron chi connectivity index (χ2n) is 6.19. The van der Waals surface area contributed by atoms with Gasteiger partial charge in [-0.1, -0.05) is 23.7 Å². The van der Waals surface area contributed by atoms with Crippen molar-refractivity contribution in [3.8, 4) is 0 Å². The summed E-state index contributed by atoms with van der Waals surface area (Å²) in [6.07, 6.45) is -0.124. The molecule has 3 rings (SSSR count). The summed E-state index contributed by atoms with van der Waals surface area (Å²) in [6, 6.07) is 6.79. The number of aromatic nitrogens is 2. The Bertz CT molecular complexity index is 879. The highest BCUT2D eigenvalue weighted by Gasteiger charge is 2.37. The van der Waals surface area contributed by atoms with E-state index in [2.05, 4.69) is 9.97 Å². The second-order valence-corrected chi connectivity index (χ2v) is 9.14. The predicted molar refractivity (Wildman–Crippen MR) is 93.2 cm³/mol. The number of aromatic amines is 1. The van der Waals surface area contributed by atoms with Crippen LogP contribution in [0.5, 0.6) is 0 Å². The molecule has 142 valence electrons. The Labute approximate surface area is 159 Å². The van der Waals surface area contributed by atoms with E-state index < -0.39 is 27.2 Å². The summed E-state index contributed by atoms with van der Waals surface area (Å²) >= 11 is 6.03. The van der Waals surface area contributed by atoms with E-state index in [1.807, 2.05) is 0 Å². The van der Waals surface area contributed by atoms with E-state index in [-0.39, 0.29) is 36.5 Å². The highest BCUT2D eigenvalue weighted by atomic mass is 35.7. The minimum Gasteiger partial charge on any atom is -0.362 e. The molecule has 1 aliphatic rings. The van der Waals surface area contributed by atoms with Crippen LogP contribution in [0.2, 0.25) is 5.02 Å². The summed E-state index contributed by atoms with van der Waals surface area (Å²) < 4.78 is 55.7. The van der Waals surface area contributed by atoms with Gasteiger partial charge in [-0.15, -0.1) is 0 Å². The van der Waals surface area contributed by atoms with E-state index in [9.17, 15) is 17.2 Å². The number of nitrogens with zero attached hydrogens (tertiary/aromatic N) is 1. The van der Waals surface area contributed by atoms with Gasteiger partial charge in [-0.05, 0) is 30.5 Å². The summed E-state index contributed by atoms with van der Waals surface area (Å²) in [7, 11) is 1.31. The molecule has 1 aromatic heterocycles. The van der Waals surface area contributed by atoms with Crippen LogP contribution >= 0.6 is 22.3 Å². The molecule has 0 bridgehead atoms. The van der Waals surface area contributed by atoms with Crippen LogP contribution < -0.4 is 0 Å². The third kappa shape index (κ3) is 4.73. The SMILES string of the molecule is O=S(=O)(Cl)c1c[nH]c(C(OC2CCC(F)(F)CC2)c2cccc(Cl)c2)n1. The molecular formula is C16H16Cl2F2N2O3S. The molecule has 0 aliphatic heterocycles. The number of H-pyrrole nitrogens is 1. The van der Waals surface area contributed by atoms with Gasteiger partial charge in [-0.3, -0.25) is 0 Å². The summed E-state index contributed by atoms with van der Waals surface area (Å²) in [6.45, 7) is 0. The van der Waals surface area contributed by atoms with E-state index in [4.69, 9.17) is 27.0 Å². The van der Waals surface area contributed by atoms with Gasteiger partial charge < -0.3 is 9.72 Å². The third-order valence-electron chi connectivity index (χ3n) is 4.22. The zero-order valence-corrected chi connectivity index (χ0v) is 15.8. The smallest absolute Gasteiger partial charge is 0.280 e. The normalized spacial score (nSPS) is 19.4. The van der Waals surface area contributed by atoms with Crippen LogP contribution in [0.4, 0.5) is 8.78 Å². The molecule has 0 saturated heterocycles. The van der Waals surface area contributed by atoms with Crippen molar-refractivity contribution in [2.45, 2.75) is 48.8 Å². The Hall–Kier alpha value is -1.22. The molecule has 10 heteroatoms. The van der Waals surface area contributed by atoms with Crippen molar-refractivity contribution >= 4 is 31.3 Å². The van der Waals surface area contributed by atoms with Crippen molar-refractivity contribution < 1.29 is 21.9 Å². The molecule has 1 heterocycles.